The third-order valence-electron chi connectivity index (χ3n) is 4.18. The van der Waals surface area contributed by atoms with E-state index in [1.165, 1.54) is 6.20 Å². The maximum atomic E-state index is 14.3. The third-order valence-corrected chi connectivity index (χ3v) is 4.18. The van der Waals surface area contributed by atoms with Crippen LogP contribution in [0.5, 0.6) is 0 Å². The minimum atomic E-state index is -1.87. The summed E-state index contributed by atoms with van der Waals surface area (Å²) < 4.78 is 20.5. The Morgan fingerprint density at radius 2 is 1.96 bits per heavy atom. The normalized spacial score (nSPS) is 26.0. The van der Waals surface area contributed by atoms with Crippen molar-refractivity contribution in [3.05, 3.63) is 52.1 Å². The zero-order valence-corrected chi connectivity index (χ0v) is 13.2. The van der Waals surface area contributed by atoms with Crippen LogP contribution in [0, 0.1) is 0 Å². The van der Waals surface area contributed by atoms with Gasteiger partial charge in [0.05, 0.1) is 6.61 Å². The molecule has 2 aromatic rings. The molecule has 1 aliphatic rings. The van der Waals surface area contributed by atoms with E-state index in [1.54, 1.807) is 24.3 Å². The minimum absolute atomic E-state index is 0.0331. The largest absolute Gasteiger partial charge is 0.399 e. The van der Waals surface area contributed by atoms with Crippen LogP contribution in [0.4, 0.5) is 15.9 Å². The van der Waals surface area contributed by atoms with Crippen LogP contribution < -0.4 is 17.2 Å². The van der Waals surface area contributed by atoms with Crippen molar-refractivity contribution in [3.63, 3.8) is 0 Å². The van der Waals surface area contributed by atoms with E-state index < -0.39 is 36.9 Å². The van der Waals surface area contributed by atoms with Gasteiger partial charge >= 0.3 is 5.69 Å². The summed E-state index contributed by atoms with van der Waals surface area (Å²) in [7, 11) is 0. The highest BCUT2D eigenvalue weighted by Crippen LogP contribution is 2.31. The molecule has 1 aromatic heterocycles. The molecule has 0 amide bonds. The molecular formula is C16H19FN4O4. The second-order valence-corrected chi connectivity index (χ2v) is 5.94. The number of benzene rings is 1. The van der Waals surface area contributed by atoms with Crippen molar-refractivity contribution < 1.29 is 19.3 Å². The Kier molecular flexibility index (Phi) is 4.71. The number of rotatable bonds is 4. The number of aliphatic hydroxyl groups excluding tert-OH is 2. The van der Waals surface area contributed by atoms with Gasteiger partial charge in [-0.2, -0.15) is 4.98 Å². The van der Waals surface area contributed by atoms with Crippen LogP contribution in [0.2, 0.25) is 0 Å². The molecule has 1 aliphatic heterocycles. The predicted molar refractivity (Wildman–Crippen MR) is 88.5 cm³/mol. The molecule has 134 valence electrons. The van der Waals surface area contributed by atoms with Crippen molar-refractivity contribution in [2.75, 3.05) is 18.1 Å². The molecule has 0 bridgehead atoms. The quantitative estimate of drug-likeness (QED) is 0.550. The van der Waals surface area contributed by atoms with Gasteiger partial charge in [0, 0.05) is 23.9 Å². The van der Waals surface area contributed by atoms with Crippen molar-refractivity contribution in [2.24, 2.45) is 0 Å². The van der Waals surface area contributed by atoms with Crippen LogP contribution in [-0.4, -0.2) is 44.8 Å². The summed E-state index contributed by atoms with van der Waals surface area (Å²) in [6.07, 6.45) is -4.16. The summed E-state index contributed by atoms with van der Waals surface area (Å²) in [5, 5.41) is 18.9. The van der Waals surface area contributed by atoms with Crippen molar-refractivity contribution in [1.29, 1.82) is 0 Å². The second kappa shape index (κ2) is 6.79. The van der Waals surface area contributed by atoms with Gasteiger partial charge in [-0.15, -0.1) is 0 Å². The lowest BCUT2D eigenvalue weighted by molar-refractivity contribution is -0.0491. The summed E-state index contributed by atoms with van der Waals surface area (Å²) in [5.41, 5.74) is 12.7. The van der Waals surface area contributed by atoms with Crippen molar-refractivity contribution >= 4 is 11.5 Å². The highest BCUT2D eigenvalue weighted by molar-refractivity contribution is 5.44. The minimum Gasteiger partial charge on any atom is -0.399 e. The zero-order valence-electron chi connectivity index (χ0n) is 13.2. The van der Waals surface area contributed by atoms with E-state index in [9.17, 15) is 14.3 Å². The number of nitrogens with zero attached hydrogens (tertiary/aromatic N) is 2. The van der Waals surface area contributed by atoms with Crippen molar-refractivity contribution in [3.8, 4) is 0 Å². The van der Waals surface area contributed by atoms with Gasteiger partial charge in [-0.05, 0) is 17.7 Å². The maximum absolute atomic E-state index is 14.3. The monoisotopic (exact) mass is 350 g/mol. The second-order valence-electron chi connectivity index (χ2n) is 5.94. The fourth-order valence-electron chi connectivity index (χ4n) is 2.77. The van der Waals surface area contributed by atoms with E-state index in [0.717, 1.165) is 10.1 Å². The number of aliphatic hydroxyl groups is 2. The van der Waals surface area contributed by atoms with Crippen molar-refractivity contribution in [2.45, 2.75) is 31.0 Å². The topological polar surface area (TPSA) is 137 Å². The van der Waals surface area contributed by atoms with Crippen LogP contribution in [0.15, 0.2) is 35.3 Å². The van der Waals surface area contributed by atoms with E-state index in [-0.39, 0.29) is 5.82 Å². The van der Waals surface area contributed by atoms with Crippen LogP contribution in [0.25, 0.3) is 0 Å². The molecule has 9 heteroatoms. The van der Waals surface area contributed by atoms with Gasteiger partial charge in [-0.3, -0.25) is 4.57 Å². The number of nitrogen functional groups attached to an aromatic ring is 2. The van der Waals surface area contributed by atoms with Gasteiger partial charge in [0.2, 0.25) is 0 Å². The summed E-state index contributed by atoms with van der Waals surface area (Å²) in [4.78, 5) is 15.8. The molecule has 0 spiro atoms. The Hall–Kier alpha value is -2.49. The van der Waals surface area contributed by atoms with Crippen LogP contribution in [-0.2, 0) is 11.2 Å². The molecule has 0 aliphatic carbocycles. The van der Waals surface area contributed by atoms with Gasteiger partial charge in [0.25, 0.3) is 0 Å². The van der Waals surface area contributed by atoms with Crippen LogP contribution in [0.1, 0.15) is 17.4 Å². The number of halogens is 1. The molecule has 0 saturated carbocycles. The molecule has 25 heavy (non-hydrogen) atoms. The number of hydrogen-bond donors (Lipinski definition) is 4. The Bertz CT molecular complexity index is 811. The zero-order chi connectivity index (χ0) is 18.1. The fraction of sp³-hybridized carbons (Fsp3) is 0.375. The molecule has 2 heterocycles. The summed E-state index contributed by atoms with van der Waals surface area (Å²) in [6, 6.07) is 7.07. The van der Waals surface area contributed by atoms with Gasteiger partial charge in [0.1, 0.15) is 18.0 Å². The summed E-state index contributed by atoms with van der Waals surface area (Å²) >= 11 is 0. The molecule has 1 saturated heterocycles. The first-order valence-electron chi connectivity index (χ1n) is 7.71. The van der Waals surface area contributed by atoms with Gasteiger partial charge < -0.3 is 26.4 Å². The summed E-state index contributed by atoms with van der Waals surface area (Å²) in [5.74, 6) is 0.0331. The molecular weight excluding hydrogens is 331 g/mol. The lowest BCUT2D eigenvalue weighted by Gasteiger charge is -2.17. The maximum Gasteiger partial charge on any atom is 0.351 e. The standard InChI is InChI=1S/C16H19FN4O4/c17-12-13(23)11(7-22)25-15(12)21-6-9(14(19)20-16(21)24)5-8-1-3-10(18)4-2-8/h1-4,6,11-13,15,22-23H,5,7,18H2,(H2,19,20,24)/t11-,12+,13-,15-/m1/s1. The Morgan fingerprint density at radius 3 is 2.56 bits per heavy atom. The van der Waals surface area contributed by atoms with Gasteiger partial charge in [-0.1, -0.05) is 12.1 Å². The smallest absolute Gasteiger partial charge is 0.351 e. The van der Waals surface area contributed by atoms with Gasteiger partial charge in [-0.25, -0.2) is 9.18 Å². The Labute approximate surface area is 142 Å². The molecule has 1 aromatic carbocycles. The average molecular weight is 350 g/mol. The Morgan fingerprint density at radius 1 is 1.28 bits per heavy atom. The molecule has 1 fully saturated rings. The average Bonchev–Trinajstić information content (AvgIpc) is 2.87. The summed E-state index contributed by atoms with van der Waals surface area (Å²) in [6.45, 7) is -0.562. The number of hydrogen-bond acceptors (Lipinski definition) is 7. The molecule has 4 atom stereocenters. The fourth-order valence-corrected chi connectivity index (χ4v) is 2.77. The highest BCUT2D eigenvalue weighted by atomic mass is 19.1. The van der Waals surface area contributed by atoms with E-state index in [0.29, 0.717) is 17.7 Å². The number of aromatic nitrogens is 2. The van der Waals surface area contributed by atoms with E-state index in [1.807, 2.05) is 0 Å². The van der Waals surface area contributed by atoms with Crippen LogP contribution in [0.3, 0.4) is 0 Å². The third kappa shape index (κ3) is 3.34. The number of nitrogens with two attached hydrogens (primary N) is 2. The molecule has 6 N–H and O–H groups in total. The predicted octanol–water partition coefficient (Wildman–Crippen LogP) is -0.413. The Balaban J connectivity index is 1.93. The first-order chi connectivity index (χ1) is 11.9. The number of ether oxygens (including phenoxy) is 1. The van der Waals surface area contributed by atoms with Crippen molar-refractivity contribution in [1.82, 2.24) is 9.55 Å². The highest BCUT2D eigenvalue weighted by Gasteiger charge is 2.45. The molecule has 0 unspecified atom stereocenters. The first-order valence-corrected chi connectivity index (χ1v) is 7.71. The molecule has 8 nitrogen and oxygen atoms in total. The SMILES string of the molecule is Nc1ccc(Cc2cn([C@@H]3O[C@H](CO)[C@@H](O)[C@@H]3F)c(=O)nc2N)cc1. The number of alkyl halides is 1. The number of anilines is 2. The van der Waals surface area contributed by atoms with E-state index in [4.69, 9.17) is 21.3 Å². The van der Waals surface area contributed by atoms with Crippen LogP contribution >= 0.6 is 0 Å². The van der Waals surface area contributed by atoms with E-state index in [2.05, 4.69) is 4.98 Å². The molecule has 0 radical (unpaired) electrons. The van der Waals surface area contributed by atoms with Gasteiger partial charge in [0.15, 0.2) is 12.4 Å². The first kappa shape index (κ1) is 17.3. The lowest BCUT2D eigenvalue weighted by atomic mass is 10.1. The molecule has 3 rings (SSSR count). The lowest BCUT2D eigenvalue weighted by Crippen LogP contribution is -2.34. The van der Waals surface area contributed by atoms with E-state index >= 15 is 0 Å².